The smallest absolute Gasteiger partial charge is 0.254 e. The number of imide groups is 1. The minimum atomic E-state index is -0.394. The van der Waals surface area contributed by atoms with Crippen molar-refractivity contribution in [3.05, 3.63) is 83.1 Å². The average Bonchev–Trinajstić information content (AvgIpc) is 3.51. The van der Waals surface area contributed by atoms with Crippen molar-refractivity contribution in [2.24, 2.45) is 0 Å². The fourth-order valence-corrected chi connectivity index (χ4v) is 4.72. The summed E-state index contributed by atoms with van der Waals surface area (Å²) in [7, 11) is 0. The van der Waals surface area contributed by atoms with Gasteiger partial charge in [-0.25, -0.2) is 0 Å². The van der Waals surface area contributed by atoms with Gasteiger partial charge in [-0.05, 0) is 35.9 Å². The molecule has 0 atom stereocenters. The molecule has 0 spiro atoms. The van der Waals surface area contributed by atoms with Gasteiger partial charge in [0.1, 0.15) is 0 Å². The van der Waals surface area contributed by atoms with E-state index in [1.807, 2.05) is 54.6 Å². The van der Waals surface area contributed by atoms with Crippen molar-refractivity contribution in [1.29, 1.82) is 5.26 Å². The normalized spacial score (nSPS) is 17.0. The van der Waals surface area contributed by atoms with Crippen molar-refractivity contribution in [2.75, 3.05) is 36.4 Å². The van der Waals surface area contributed by atoms with Gasteiger partial charge in [0.05, 0.1) is 24.3 Å². The Bertz CT molecular complexity index is 1610. The van der Waals surface area contributed by atoms with Crippen LogP contribution in [0, 0.1) is 11.3 Å². The molecule has 2 saturated heterocycles. The van der Waals surface area contributed by atoms with Crippen LogP contribution in [0.25, 0.3) is 11.7 Å². The van der Waals surface area contributed by atoms with Gasteiger partial charge in [-0.1, -0.05) is 30.3 Å². The molecule has 6 rings (SSSR count). The molecular weight excluding hydrogens is 494 g/mol. The molecule has 2 aliphatic rings. The minimum absolute atomic E-state index is 0.0322. The van der Waals surface area contributed by atoms with Gasteiger partial charge in [-0.3, -0.25) is 19.8 Å². The van der Waals surface area contributed by atoms with Crippen molar-refractivity contribution in [2.45, 2.75) is 13.0 Å². The molecule has 194 valence electrons. The topological polar surface area (TPSA) is 132 Å². The second-order valence-corrected chi connectivity index (χ2v) is 9.47. The number of nitrogens with one attached hydrogen (secondary N) is 2. The number of carbonyl (C=O) groups excluding carboxylic acids is 2. The molecule has 11 heteroatoms. The van der Waals surface area contributed by atoms with Crippen LogP contribution in [0.1, 0.15) is 23.1 Å². The van der Waals surface area contributed by atoms with Gasteiger partial charge in [-0.2, -0.15) is 24.8 Å². The molecule has 0 saturated carbocycles. The summed E-state index contributed by atoms with van der Waals surface area (Å²) in [6, 6.07) is 19.5. The number of anilines is 3. The van der Waals surface area contributed by atoms with E-state index in [1.165, 1.54) is 5.56 Å². The summed E-state index contributed by atoms with van der Waals surface area (Å²) in [6.07, 6.45) is 3.33. The Morgan fingerprint density at radius 3 is 2.46 bits per heavy atom. The molecule has 2 N–H and O–H groups in total. The third-order valence-electron chi connectivity index (χ3n) is 6.78. The van der Waals surface area contributed by atoms with Crippen LogP contribution < -0.4 is 15.5 Å². The van der Waals surface area contributed by atoms with Crippen LogP contribution in [0.3, 0.4) is 0 Å². The van der Waals surface area contributed by atoms with Gasteiger partial charge in [-0.15, -0.1) is 0 Å². The summed E-state index contributed by atoms with van der Waals surface area (Å²) < 4.78 is 1.61. The quantitative estimate of drug-likeness (QED) is 0.291. The van der Waals surface area contributed by atoms with Crippen LogP contribution in [0.4, 0.5) is 17.6 Å². The molecule has 2 aromatic carbocycles. The Morgan fingerprint density at radius 1 is 1.00 bits per heavy atom. The Labute approximate surface area is 224 Å². The van der Waals surface area contributed by atoms with Gasteiger partial charge in [0.2, 0.25) is 17.8 Å². The number of amides is 2. The fourth-order valence-electron chi connectivity index (χ4n) is 4.72. The van der Waals surface area contributed by atoms with Gasteiger partial charge in [0.25, 0.3) is 5.91 Å². The third kappa shape index (κ3) is 5.18. The number of carbonyl (C=O) groups is 2. The molecule has 2 aliphatic heterocycles. The van der Waals surface area contributed by atoms with Crippen molar-refractivity contribution in [3.8, 4) is 6.07 Å². The molecule has 2 amide bonds. The van der Waals surface area contributed by atoms with Gasteiger partial charge in [0, 0.05) is 49.5 Å². The largest absolute Gasteiger partial charge is 0.338 e. The van der Waals surface area contributed by atoms with Crippen LogP contribution in [0.15, 0.2) is 66.4 Å². The van der Waals surface area contributed by atoms with E-state index in [4.69, 9.17) is 15.2 Å². The summed E-state index contributed by atoms with van der Waals surface area (Å²) in [5.41, 5.74) is 4.23. The van der Waals surface area contributed by atoms with E-state index in [0.717, 1.165) is 38.4 Å². The summed E-state index contributed by atoms with van der Waals surface area (Å²) in [6.45, 7) is 3.93. The maximum absolute atomic E-state index is 12.2. The highest BCUT2D eigenvalue weighted by Gasteiger charge is 2.26. The second-order valence-electron chi connectivity index (χ2n) is 9.47. The molecule has 4 heterocycles. The van der Waals surface area contributed by atoms with Crippen LogP contribution in [0.5, 0.6) is 0 Å². The Morgan fingerprint density at radius 2 is 1.77 bits per heavy atom. The fraction of sp³-hybridized carbons (Fsp3) is 0.214. The van der Waals surface area contributed by atoms with Crippen molar-refractivity contribution in [1.82, 2.24) is 29.8 Å². The van der Waals surface area contributed by atoms with E-state index in [-0.39, 0.29) is 12.3 Å². The lowest BCUT2D eigenvalue weighted by molar-refractivity contribution is -0.124. The highest BCUT2D eigenvalue weighted by molar-refractivity contribution is 6.15. The summed E-state index contributed by atoms with van der Waals surface area (Å²) in [5, 5.41) is 19.2. The Hall–Kier alpha value is -5.08. The molecule has 39 heavy (non-hydrogen) atoms. The van der Waals surface area contributed by atoms with Crippen molar-refractivity contribution in [3.63, 3.8) is 0 Å². The number of nitrogens with zero attached hydrogens (tertiary/aromatic N) is 7. The molecular formula is C28H25N9O2. The lowest BCUT2D eigenvalue weighted by Gasteiger charge is -2.34. The zero-order valence-electron chi connectivity index (χ0n) is 21.0. The van der Waals surface area contributed by atoms with E-state index >= 15 is 0 Å². The molecule has 4 aromatic rings. The number of rotatable bonds is 6. The summed E-state index contributed by atoms with van der Waals surface area (Å²) in [5.74, 6) is 0.349. The van der Waals surface area contributed by atoms with Crippen LogP contribution >= 0.6 is 0 Å². The summed E-state index contributed by atoms with van der Waals surface area (Å²) >= 11 is 0. The standard InChI is InChI=1S/C28H25N9O2/c29-16-19-6-8-20(9-7-19)18-35-10-12-36(13-11-35)27-33-25-22(14-21-15-24(38)32-26(21)39)17-30-37(25)28(34-27)31-23-4-2-1-3-5-23/h1-9,14,17H,10-13,15,18H2,(H,31,33,34)(H,32,38,39)/b21-14+. The SMILES string of the molecule is N#Cc1ccc(CN2CCN(c3nc(Nc4ccccc4)n4ncc(/C=C5\CC(=O)NC5=O)c4n3)CC2)cc1. The molecule has 0 radical (unpaired) electrons. The number of hydrogen-bond acceptors (Lipinski definition) is 9. The molecule has 2 fully saturated rings. The highest BCUT2D eigenvalue weighted by Crippen LogP contribution is 2.24. The van der Waals surface area contributed by atoms with Crippen molar-refractivity contribution >= 4 is 41.1 Å². The van der Waals surface area contributed by atoms with Crippen LogP contribution in [0.2, 0.25) is 0 Å². The lowest BCUT2D eigenvalue weighted by Crippen LogP contribution is -2.46. The predicted molar refractivity (Wildman–Crippen MR) is 145 cm³/mol. The van der Waals surface area contributed by atoms with E-state index in [0.29, 0.717) is 34.2 Å². The highest BCUT2D eigenvalue weighted by atomic mass is 16.2. The molecule has 11 nitrogen and oxygen atoms in total. The lowest BCUT2D eigenvalue weighted by atomic mass is 10.1. The molecule has 0 aliphatic carbocycles. The minimum Gasteiger partial charge on any atom is -0.338 e. The Kier molecular flexibility index (Phi) is 6.44. The zero-order chi connectivity index (χ0) is 26.8. The first kappa shape index (κ1) is 24.3. The molecule has 2 aromatic heterocycles. The number of aromatic nitrogens is 4. The van der Waals surface area contributed by atoms with Gasteiger partial charge in [0.15, 0.2) is 5.65 Å². The van der Waals surface area contributed by atoms with E-state index in [1.54, 1.807) is 16.8 Å². The maximum atomic E-state index is 12.2. The number of para-hydroxylation sites is 1. The van der Waals surface area contributed by atoms with Crippen LogP contribution in [-0.2, 0) is 16.1 Å². The Balaban J connectivity index is 1.27. The third-order valence-corrected chi connectivity index (χ3v) is 6.78. The first-order chi connectivity index (χ1) is 19.1. The van der Waals surface area contributed by atoms with Crippen LogP contribution in [-0.4, -0.2) is 62.5 Å². The molecule has 0 unspecified atom stereocenters. The number of fused-ring (bicyclic) bond motifs is 1. The first-order valence-electron chi connectivity index (χ1n) is 12.6. The monoisotopic (exact) mass is 519 g/mol. The van der Waals surface area contributed by atoms with Gasteiger partial charge >= 0.3 is 0 Å². The number of hydrogen-bond donors (Lipinski definition) is 2. The number of nitriles is 1. The van der Waals surface area contributed by atoms with E-state index in [2.05, 4.69) is 31.6 Å². The average molecular weight is 520 g/mol. The predicted octanol–water partition coefficient (Wildman–Crippen LogP) is 2.49. The maximum Gasteiger partial charge on any atom is 0.254 e. The molecule has 0 bridgehead atoms. The van der Waals surface area contributed by atoms with Crippen molar-refractivity contribution < 1.29 is 9.59 Å². The zero-order valence-corrected chi connectivity index (χ0v) is 21.0. The van der Waals surface area contributed by atoms with E-state index in [9.17, 15) is 9.59 Å². The van der Waals surface area contributed by atoms with E-state index < -0.39 is 5.91 Å². The van der Waals surface area contributed by atoms with Gasteiger partial charge < -0.3 is 10.2 Å². The summed E-state index contributed by atoms with van der Waals surface area (Å²) in [4.78, 5) is 38.0. The number of benzene rings is 2. The second kappa shape index (κ2) is 10.4. The first-order valence-corrected chi connectivity index (χ1v) is 12.6. The number of piperazine rings is 1.